The maximum absolute atomic E-state index is 13.8. The molecule has 356 valence electrons. The molecule has 4 fully saturated rings. The molecule has 3 N–H and O–H groups in total. The third kappa shape index (κ3) is 8.75. The highest BCUT2D eigenvalue weighted by molar-refractivity contribution is 6.00. The van der Waals surface area contributed by atoms with Gasteiger partial charge in [0.2, 0.25) is 11.8 Å². The van der Waals surface area contributed by atoms with Gasteiger partial charge in [-0.1, -0.05) is 18.2 Å². The molecular formula is C53H65N11O4. The Labute approximate surface area is 397 Å². The first-order valence-corrected chi connectivity index (χ1v) is 24.6. The molecular weight excluding hydrogens is 855 g/mol. The fourth-order valence-electron chi connectivity index (χ4n) is 11.9. The molecule has 10 rings (SSSR count). The van der Waals surface area contributed by atoms with Gasteiger partial charge in [-0.2, -0.15) is 0 Å². The number of nitrogens with zero attached hydrogens (tertiary/aromatic N) is 9. The van der Waals surface area contributed by atoms with Gasteiger partial charge in [0.15, 0.2) is 0 Å². The summed E-state index contributed by atoms with van der Waals surface area (Å²) in [5.41, 5.74) is 14.7. The Morgan fingerprint density at radius 1 is 0.824 bits per heavy atom. The van der Waals surface area contributed by atoms with Crippen molar-refractivity contribution in [1.82, 2.24) is 48.6 Å². The highest BCUT2D eigenvalue weighted by Crippen LogP contribution is 2.37. The smallest absolute Gasteiger partial charge is 0.329 e. The number of benzene rings is 2. The van der Waals surface area contributed by atoms with Gasteiger partial charge in [0.05, 0.1) is 11.0 Å². The van der Waals surface area contributed by atoms with Crippen molar-refractivity contribution in [1.29, 1.82) is 0 Å². The first-order chi connectivity index (χ1) is 32.8. The molecule has 4 aliphatic heterocycles. The van der Waals surface area contributed by atoms with Crippen molar-refractivity contribution in [3.8, 4) is 11.1 Å². The van der Waals surface area contributed by atoms with E-state index in [1.807, 2.05) is 30.6 Å². The van der Waals surface area contributed by atoms with Crippen LogP contribution in [0.2, 0.25) is 0 Å². The van der Waals surface area contributed by atoms with Crippen LogP contribution >= 0.6 is 0 Å². The van der Waals surface area contributed by atoms with E-state index in [0.717, 1.165) is 117 Å². The zero-order valence-electron chi connectivity index (χ0n) is 40.1. The number of imidazole rings is 1. The Bertz CT molecular complexity index is 2890. The number of piperidine rings is 3. The van der Waals surface area contributed by atoms with Crippen LogP contribution in [-0.4, -0.2) is 119 Å². The number of imide groups is 1. The van der Waals surface area contributed by atoms with Crippen molar-refractivity contribution in [3.05, 3.63) is 112 Å². The first-order valence-electron chi connectivity index (χ1n) is 24.6. The molecule has 4 saturated heterocycles. The minimum Gasteiger partial charge on any atom is -0.384 e. The van der Waals surface area contributed by atoms with Crippen LogP contribution in [0.15, 0.2) is 83.9 Å². The van der Waals surface area contributed by atoms with Crippen LogP contribution in [0.4, 0.5) is 5.82 Å². The highest BCUT2D eigenvalue weighted by Gasteiger charge is 2.35. The van der Waals surface area contributed by atoms with E-state index in [4.69, 9.17) is 10.7 Å². The van der Waals surface area contributed by atoms with Crippen molar-refractivity contribution in [2.45, 2.75) is 95.9 Å². The number of likely N-dealkylation sites (tertiary alicyclic amines) is 2. The Morgan fingerprint density at radius 2 is 1.56 bits per heavy atom. The average Bonchev–Trinajstić information content (AvgIpc) is 3.81. The summed E-state index contributed by atoms with van der Waals surface area (Å²) >= 11 is 0. The van der Waals surface area contributed by atoms with Crippen molar-refractivity contribution in [3.63, 3.8) is 0 Å². The zero-order valence-corrected chi connectivity index (χ0v) is 40.1. The third-order valence-electron chi connectivity index (χ3n) is 15.8. The van der Waals surface area contributed by atoms with Crippen molar-refractivity contribution >= 4 is 45.6 Å². The molecule has 15 heteroatoms. The van der Waals surface area contributed by atoms with E-state index in [2.05, 4.69) is 111 Å². The summed E-state index contributed by atoms with van der Waals surface area (Å²) in [5, 5.41) is 3.51. The summed E-state index contributed by atoms with van der Waals surface area (Å²) < 4.78 is 5.38. The van der Waals surface area contributed by atoms with Crippen LogP contribution in [0, 0.1) is 5.92 Å². The lowest BCUT2D eigenvalue weighted by atomic mass is 9.88. The third-order valence-corrected chi connectivity index (χ3v) is 15.8. The van der Waals surface area contributed by atoms with E-state index in [1.54, 1.807) is 11.6 Å². The molecule has 0 aliphatic carbocycles. The zero-order chi connectivity index (χ0) is 47.4. The number of hydrogen-bond acceptors (Lipinski definition) is 10. The molecule has 0 bridgehead atoms. The van der Waals surface area contributed by atoms with Crippen molar-refractivity contribution in [2.24, 2.45) is 20.0 Å². The topological polar surface area (TPSA) is 160 Å². The number of aryl methyl sites for hydroxylation is 2. The molecule has 1 unspecified atom stereocenters. The number of hydrogen-bond donors (Lipinski definition) is 2. The Balaban J connectivity index is 0.690. The summed E-state index contributed by atoms with van der Waals surface area (Å²) in [4.78, 5) is 70.4. The van der Waals surface area contributed by atoms with Crippen LogP contribution < -0.4 is 16.7 Å². The maximum Gasteiger partial charge on any atom is 0.329 e. The number of anilines is 1. The average molecular weight is 920 g/mol. The van der Waals surface area contributed by atoms with E-state index in [0.29, 0.717) is 41.7 Å². The van der Waals surface area contributed by atoms with Crippen LogP contribution in [0.3, 0.4) is 0 Å². The molecule has 8 heterocycles. The normalized spacial score (nSPS) is 22.3. The summed E-state index contributed by atoms with van der Waals surface area (Å²) in [6.07, 6.45) is 8.41. The number of carbonyl (C=O) groups excluding carboxylic acids is 3. The molecule has 68 heavy (non-hydrogen) atoms. The maximum atomic E-state index is 13.8. The predicted molar refractivity (Wildman–Crippen MR) is 265 cm³/mol. The van der Waals surface area contributed by atoms with E-state index in [1.165, 1.54) is 15.8 Å². The monoisotopic (exact) mass is 920 g/mol. The molecule has 3 amide bonds. The number of nitrogens with one attached hydrogen (secondary N) is 1. The fraction of sp³-hybridized carbons (Fsp3) is 0.472. The second-order valence-corrected chi connectivity index (χ2v) is 20.1. The van der Waals surface area contributed by atoms with E-state index in [-0.39, 0.29) is 30.0 Å². The van der Waals surface area contributed by atoms with E-state index >= 15 is 0 Å². The predicted octanol–water partition coefficient (Wildman–Crippen LogP) is 6.24. The molecule has 2 aromatic carbocycles. The lowest BCUT2D eigenvalue weighted by Gasteiger charge is -2.46. The molecule has 6 aromatic rings. The SMILES string of the molecule is C[C@@H](c1cc2c(-c3ccc(N)nc3)ccnc2n1C)N1CCC(c2ccc(C(=O)N3CCC(CN4[C@@H](C)CN(Cc5ccc6c(c5)n(C)c(=O)n6C5CCC(=O)NC5=O)C[C@@H]4C)CC3)cc2)CC1. The number of amides is 3. The summed E-state index contributed by atoms with van der Waals surface area (Å²) in [7, 11) is 3.86. The van der Waals surface area contributed by atoms with Gasteiger partial charge in [0, 0.05) is 113 Å². The lowest BCUT2D eigenvalue weighted by molar-refractivity contribution is -0.135. The minimum atomic E-state index is -0.691. The summed E-state index contributed by atoms with van der Waals surface area (Å²) in [6, 6.07) is 23.1. The van der Waals surface area contributed by atoms with Crippen LogP contribution in [0.25, 0.3) is 33.2 Å². The lowest BCUT2D eigenvalue weighted by Crippen LogP contribution is -2.57. The number of aromatic nitrogens is 5. The van der Waals surface area contributed by atoms with Gasteiger partial charge in [-0.15, -0.1) is 0 Å². The standard InChI is InChI=1S/C53H65N11O4/c1-33-29-60(31-37-6-12-44-47(26-37)59(5)53(68)64(44)45-13-15-49(65)57-51(45)66)30-34(2)63(33)32-36-17-22-62(23-18-36)52(67)40-9-7-38(8-10-40)39-19-24-61(25-20-39)35(3)46-27-43-42(16-21-55-50(43)58(46)4)41-11-14-48(54)56-28-41/h6-12,14,16,21,26-28,33-36,39,45H,13,15,17-20,22-25,29-32H2,1-5H3,(H2,54,56)(H,57,65,66)/t33-,34-,35-,45?/m0/s1. The van der Waals surface area contributed by atoms with Crippen molar-refractivity contribution < 1.29 is 14.4 Å². The molecule has 4 aliphatic rings. The van der Waals surface area contributed by atoms with Crippen LogP contribution in [0.5, 0.6) is 0 Å². The first kappa shape index (κ1) is 45.6. The van der Waals surface area contributed by atoms with Gasteiger partial charge < -0.3 is 15.2 Å². The number of rotatable bonds is 10. The van der Waals surface area contributed by atoms with E-state index < -0.39 is 11.9 Å². The molecule has 4 atom stereocenters. The summed E-state index contributed by atoms with van der Waals surface area (Å²) in [6.45, 7) is 14.2. The number of nitrogens with two attached hydrogens (primary N) is 1. The number of pyridine rings is 2. The minimum absolute atomic E-state index is 0.139. The van der Waals surface area contributed by atoms with Gasteiger partial charge >= 0.3 is 5.69 Å². The second kappa shape index (κ2) is 18.7. The largest absolute Gasteiger partial charge is 0.384 e. The van der Waals surface area contributed by atoms with Gasteiger partial charge in [-0.05, 0) is 143 Å². The van der Waals surface area contributed by atoms with Gasteiger partial charge in [-0.3, -0.25) is 43.5 Å². The fourth-order valence-corrected chi connectivity index (χ4v) is 11.9. The second-order valence-electron chi connectivity index (χ2n) is 20.1. The Kier molecular flexibility index (Phi) is 12.6. The quantitative estimate of drug-likeness (QED) is 0.151. The van der Waals surface area contributed by atoms with Crippen LogP contribution in [0.1, 0.15) is 104 Å². The number of carbonyl (C=O) groups is 3. The Hall–Kier alpha value is -6.16. The molecule has 0 saturated carbocycles. The van der Waals surface area contributed by atoms with Crippen molar-refractivity contribution in [2.75, 3.05) is 51.5 Å². The highest BCUT2D eigenvalue weighted by atomic mass is 16.2. The molecule has 0 radical (unpaired) electrons. The van der Waals surface area contributed by atoms with Gasteiger partial charge in [0.25, 0.3) is 5.91 Å². The number of nitrogen functional groups attached to an aromatic ring is 1. The summed E-state index contributed by atoms with van der Waals surface area (Å²) in [5.74, 6) is 0.950. The van der Waals surface area contributed by atoms with Gasteiger partial charge in [-0.25, -0.2) is 14.8 Å². The molecule has 15 nitrogen and oxygen atoms in total. The number of fused-ring (bicyclic) bond motifs is 2. The van der Waals surface area contributed by atoms with Crippen LogP contribution in [-0.2, 0) is 30.2 Å². The molecule has 4 aromatic heterocycles. The Morgan fingerprint density at radius 3 is 2.25 bits per heavy atom. The van der Waals surface area contributed by atoms with E-state index in [9.17, 15) is 19.2 Å². The molecule has 0 spiro atoms. The number of piperazine rings is 1. The van der Waals surface area contributed by atoms with Gasteiger partial charge in [0.1, 0.15) is 17.5 Å².